The topological polar surface area (TPSA) is 73.3 Å². The summed E-state index contributed by atoms with van der Waals surface area (Å²) in [5.41, 5.74) is 0.596. The van der Waals surface area contributed by atoms with Gasteiger partial charge in [0.25, 0.3) is 5.91 Å². The molecule has 1 amide bonds. The van der Waals surface area contributed by atoms with E-state index in [0.29, 0.717) is 29.3 Å². The van der Waals surface area contributed by atoms with E-state index in [1.54, 1.807) is 28.6 Å². The van der Waals surface area contributed by atoms with E-state index in [4.69, 9.17) is 4.42 Å². The van der Waals surface area contributed by atoms with Gasteiger partial charge in [-0.25, -0.2) is 14.0 Å². The van der Waals surface area contributed by atoms with Crippen LogP contribution in [-0.2, 0) is 7.05 Å². The number of likely N-dealkylation sites (tertiary alicyclic amines) is 1. The number of halogens is 1. The highest BCUT2D eigenvalue weighted by Gasteiger charge is 2.31. The first kappa shape index (κ1) is 17.8. The number of hydrogen-bond acceptors (Lipinski definition) is 4. The van der Waals surface area contributed by atoms with Gasteiger partial charge in [-0.05, 0) is 53.0 Å². The van der Waals surface area contributed by atoms with Gasteiger partial charge in [0, 0.05) is 26.1 Å². The van der Waals surface area contributed by atoms with E-state index in [9.17, 15) is 9.59 Å². The molecule has 1 aliphatic rings. The maximum absolute atomic E-state index is 12.7. The van der Waals surface area contributed by atoms with Crippen molar-refractivity contribution < 1.29 is 9.21 Å². The molecule has 0 saturated carbocycles. The van der Waals surface area contributed by atoms with E-state index in [0.717, 1.165) is 18.5 Å². The monoisotopic (exact) mass is 430 g/mol. The Labute approximate surface area is 164 Å². The summed E-state index contributed by atoms with van der Waals surface area (Å²) < 4.78 is 8.93. The highest BCUT2D eigenvalue weighted by Crippen LogP contribution is 2.28. The average Bonchev–Trinajstić information content (AvgIpc) is 3.25. The molecule has 140 valence electrons. The molecular weight excluding hydrogens is 412 g/mol. The number of rotatable bonds is 3. The van der Waals surface area contributed by atoms with Gasteiger partial charge < -0.3 is 9.32 Å². The molecule has 0 bridgehead atoms. The summed E-state index contributed by atoms with van der Waals surface area (Å²) in [6.07, 6.45) is 1.72. The molecular formula is C19H19BrN4O3. The van der Waals surface area contributed by atoms with Crippen LogP contribution in [-0.4, -0.2) is 38.2 Å². The van der Waals surface area contributed by atoms with Gasteiger partial charge in [-0.2, -0.15) is 5.10 Å². The van der Waals surface area contributed by atoms with Crippen LogP contribution in [0, 0.1) is 0 Å². The zero-order valence-corrected chi connectivity index (χ0v) is 16.4. The van der Waals surface area contributed by atoms with Crippen LogP contribution in [0.1, 0.15) is 35.1 Å². The van der Waals surface area contributed by atoms with Crippen molar-refractivity contribution in [2.45, 2.75) is 18.8 Å². The number of nitrogens with zero attached hydrogens (tertiary/aromatic N) is 4. The molecule has 3 heterocycles. The first-order chi connectivity index (χ1) is 13.0. The predicted octanol–water partition coefficient (Wildman–Crippen LogP) is 2.95. The van der Waals surface area contributed by atoms with Crippen molar-refractivity contribution in [2.24, 2.45) is 7.05 Å². The summed E-state index contributed by atoms with van der Waals surface area (Å²) in [4.78, 5) is 27.1. The molecule has 2 aromatic heterocycles. The highest BCUT2D eigenvalue weighted by molar-refractivity contribution is 9.10. The molecule has 3 aromatic rings. The van der Waals surface area contributed by atoms with Crippen LogP contribution in [0.3, 0.4) is 0 Å². The Morgan fingerprint density at radius 3 is 2.70 bits per heavy atom. The van der Waals surface area contributed by atoms with Crippen molar-refractivity contribution >= 4 is 21.8 Å². The second kappa shape index (κ2) is 7.19. The summed E-state index contributed by atoms with van der Waals surface area (Å²) in [7, 11) is 1.65. The second-order valence-corrected chi connectivity index (χ2v) is 7.41. The maximum atomic E-state index is 12.7. The van der Waals surface area contributed by atoms with Crippen molar-refractivity contribution in [3.05, 3.63) is 69.2 Å². The SMILES string of the molecule is Cn1nc(C2CCCN(C(=O)c3ccc(Br)o3)C2)n(-c2ccccc2)c1=O. The van der Waals surface area contributed by atoms with Gasteiger partial charge in [-0.1, -0.05) is 18.2 Å². The van der Waals surface area contributed by atoms with Gasteiger partial charge in [-0.3, -0.25) is 4.79 Å². The molecule has 0 spiro atoms. The third-order valence-electron chi connectivity index (χ3n) is 4.82. The fourth-order valence-corrected chi connectivity index (χ4v) is 3.83. The minimum Gasteiger partial charge on any atom is -0.444 e. The lowest BCUT2D eigenvalue weighted by Gasteiger charge is -2.31. The molecule has 7 nitrogen and oxygen atoms in total. The van der Waals surface area contributed by atoms with Crippen molar-refractivity contribution in [2.75, 3.05) is 13.1 Å². The second-order valence-electron chi connectivity index (χ2n) is 6.63. The average molecular weight is 431 g/mol. The number of aryl methyl sites for hydroxylation is 1. The lowest BCUT2D eigenvalue weighted by atomic mass is 9.96. The lowest BCUT2D eigenvalue weighted by molar-refractivity contribution is 0.0670. The fraction of sp³-hybridized carbons (Fsp3) is 0.316. The first-order valence-corrected chi connectivity index (χ1v) is 9.60. The molecule has 1 aliphatic heterocycles. The normalized spacial score (nSPS) is 17.3. The number of aromatic nitrogens is 3. The third-order valence-corrected chi connectivity index (χ3v) is 5.25. The largest absolute Gasteiger partial charge is 0.444 e. The molecule has 1 unspecified atom stereocenters. The summed E-state index contributed by atoms with van der Waals surface area (Å²) >= 11 is 3.23. The Kier molecular flexibility index (Phi) is 4.73. The quantitative estimate of drug-likeness (QED) is 0.640. The van der Waals surface area contributed by atoms with Gasteiger partial charge >= 0.3 is 5.69 Å². The standard InChI is InChI=1S/C19H19BrN4O3/c1-22-19(26)24(14-7-3-2-4-8-14)17(21-22)13-6-5-11-23(12-13)18(25)15-9-10-16(20)27-15/h2-4,7-10,13H,5-6,11-12H2,1H3. The molecule has 1 aromatic carbocycles. The van der Waals surface area contributed by atoms with Crippen molar-refractivity contribution in [3.63, 3.8) is 0 Å². The summed E-state index contributed by atoms with van der Waals surface area (Å²) in [6.45, 7) is 1.16. The van der Waals surface area contributed by atoms with Gasteiger partial charge in [0.05, 0.1) is 5.69 Å². The smallest absolute Gasteiger partial charge is 0.350 e. The van der Waals surface area contributed by atoms with Crippen LogP contribution in [0.15, 0.2) is 56.3 Å². The summed E-state index contributed by atoms with van der Waals surface area (Å²) in [5.74, 6) is 0.834. The predicted molar refractivity (Wildman–Crippen MR) is 103 cm³/mol. The minimum absolute atomic E-state index is 0.0183. The van der Waals surface area contributed by atoms with Gasteiger partial charge in [0.15, 0.2) is 10.4 Å². The van der Waals surface area contributed by atoms with Gasteiger partial charge in [-0.15, -0.1) is 0 Å². The van der Waals surface area contributed by atoms with Crippen LogP contribution in [0.25, 0.3) is 5.69 Å². The highest BCUT2D eigenvalue weighted by atomic mass is 79.9. The first-order valence-electron chi connectivity index (χ1n) is 8.80. The molecule has 0 radical (unpaired) electrons. The Morgan fingerprint density at radius 2 is 2.00 bits per heavy atom. The van der Waals surface area contributed by atoms with Crippen LogP contribution in [0.4, 0.5) is 0 Å². The molecule has 0 aliphatic carbocycles. The van der Waals surface area contributed by atoms with Crippen LogP contribution >= 0.6 is 15.9 Å². The number of carbonyl (C=O) groups is 1. The van der Waals surface area contributed by atoms with E-state index >= 15 is 0 Å². The van der Waals surface area contributed by atoms with Gasteiger partial charge in [0.1, 0.15) is 5.82 Å². The molecule has 1 fully saturated rings. The maximum Gasteiger partial charge on any atom is 0.350 e. The minimum atomic E-state index is -0.186. The van der Waals surface area contributed by atoms with Crippen LogP contribution in [0.2, 0.25) is 0 Å². The Balaban J connectivity index is 1.65. The zero-order valence-electron chi connectivity index (χ0n) is 14.8. The molecule has 1 saturated heterocycles. The van der Waals surface area contributed by atoms with Crippen molar-refractivity contribution in [1.29, 1.82) is 0 Å². The van der Waals surface area contributed by atoms with E-state index in [2.05, 4.69) is 21.0 Å². The van der Waals surface area contributed by atoms with Crippen LogP contribution in [0.5, 0.6) is 0 Å². The van der Waals surface area contributed by atoms with Crippen LogP contribution < -0.4 is 5.69 Å². The zero-order chi connectivity index (χ0) is 19.0. The Bertz CT molecular complexity index is 1020. The molecule has 4 rings (SSSR count). The van der Waals surface area contributed by atoms with E-state index in [-0.39, 0.29) is 17.5 Å². The molecule has 0 N–H and O–H groups in total. The number of amides is 1. The number of piperidine rings is 1. The van der Waals surface area contributed by atoms with Gasteiger partial charge in [0.2, 0.25) is 0 Å². The summed E-state index contributed by atoms with van der Waals surface area (Å²) in [6, 6.07) is 12.8. The lowest BCUT2D eigenvalue weighted by Crippen LogP contribution is -2.39. The molecule has 1 atom stereocenters. The van der Waals surface area contributed by atoms with E-state index in [1.165, 1.54) is 4.68 Å². The van der Waals surface area contributed by atoms with Crippen molar-refractivity contribution in [1.82, 2.24) is 19.2 Å². The van der Waals surface area contributed by atoms with E-state index in [1.807, 2.05) is 30.3 Å². The fourth-order valence-electron chi connectivity index (χ4n) is 3.53. The Hall–Kier alpha value is -2.61. The number of para-hydroxylation sites is 1. The third kappa shape index (κ3) is 3.37. The Morgan fingerprint density at radius 1 is 1.22 bits per heavy atom. The number of carbonyl (C=O) groups excluding carboxylic acids is 1. The summed E-state index contributed by atoms with van der Waals surface area (Å²) in [5, 5.41) is 4.48. The number of furan rings is 1. The van der Waals surface area contributed by atoms with E-state index < -0.39 is 0 Å². The number of benzene rings is 1. The molecule has 27 heavy (non-hydrogen) atoms. The molecule has 8 heteroatoms. The number of hydrogen-bond donors (Lipinski definition) is 0. The van der Waals surface area contributed by atoms with Crippen molar-refractivity contribution in [3.8, 4) is 5.69 Å².